The second-order valence-corrected chi connectivity index (χ2v) is 3.95. The van der Waals surface area contributed by atoms with Crippen molar-refractivity contribution >= 4 is 5.91 Å². The Labute approximate surface area is 73.9 Å². The van der Waals surface area contributed by atoms with Gasteiger partial charge in [-0.1, -0.05) is 13.8 Å². The van der Waals surface area contributed by atoms with Gasteiger partial charge >= 0.3 is 0 Å². The predicted molar refractivity (Wildman–Crippen MR) is 48.6 cm³/mol. The molecule has 0 aromatic heterocycles. The number of nitrogens with two attached hydrogens (primary N) is 1. The highest BCUT2D eigenvalue weighted by Gasteiger charge is 2.28. The van der Waals surface area contributed by atoms with Gasteiger partial charge in [-0.25, -0.2) is 0 Å². The third-order valence-electron chi connectivity index (χ3n) is 2.29. The van der Waals surface area contributed by atoms with Crippen molar-refractivity contribution in [3.8, 4) is 0 Å². The third kappa shape index (κ3) is 2.21. The first-order chi connectivity index (χ1) is 5.61. The van der Waals surface area contributed by atoms with Crippen LogP contribution in [0.3, 0.4) is 0 Å². The van der Waals surface area contributed by atoms with Crippen molar-refractivity contribution in [1.29, 1.82) is 0 Å². The maximum absolute atomic E-state index is 11.0. The number of nitrogens with zero attached hydrogens (tertiary/aromatic N) is 1. The molecule has 1 amide bonds. The van der Waals surface area contributed by atoms with Gasteiger partial charge in [0, 0.05) is 6.54 Å². The number of likely N-dealkylation sites (tertiary alicyclic amines) is 1. The monoisotopic (exact) mass is 172 g/mol. The van der Waals surface area contributed by atoms with Crippen LogP contribution in [-0.4, -0.2) is 29.9 Å². The van der Waals surface area contributed by atoms with E-state index in [9.17, 15) is 4.79 Å². The maximum atomic E-state index is 11.0. The van der Waals surface area contributed by atoms with E-state index < -0.39 is 0 Å². The lowest BCUT2D eigenvalue weighted by atomic mass is 10.2. The Morgan fingerprint density at radius 2 is 2.33 bits per heavy atom. The van der Waals surface area contributed by atoms with E-state index in [0.29, 0.717) is 5.92 Å². The molecule has 1 aliphatic heterocycles. The van der Waals surface area contributed by atoms with Crippen LogP contribution in [0.15, 0.2) is 0 Å². The van der Waals surface area contributed by atoms with Gasteiger partial charge in [-0.3, -0.25) is 9.69 Å². The van der Waals surface area contributed by atoms with E-state index in [1.165, 1.54) is 0 Å². The van der Waals surface area contributed by atoms with Gasteiger partial charge in [-0.2, -0.15) is 0 Å². The molecule has 1 unspecified atom stereocenters. The number of carbonyl (C=O) groups is 1. The molecule has 3 heteroatoms. The summed E-state index contributed by atoms with van der Waals surface area (Å²) in [4.78, 5) is 13.2. The number of primary amides is 1. The lowest BCUT2D eigenvalue weighted by molar-refractivity contribution is -0.122. The van der Waals surface area contributed by atoms with Gasteiger partial charge in [0.1, 0.15) is 0 Å². The van der Waals surface area contributed by atoms with Crippen LogP contribution >= 0.6 is 0 Å². The van der Waals surface area contributed by atoms with Crippen LogP contribution in [-0.2, 0) is 4.79 Å². The summed E-state index contributed by atoms with van der Waals surface area (Å²) in [5.74, 6) is 0.457. The highest BCUT2D eigenvalue weighted by molar-refractivity contribution is 5.80. The van der Waals surface area contributed by atoms with Crippen LogP contribution in [0.4, 0.5) is 0 Å². The van der Waals surface area contributed by atoms with Crippen molar-refractivity contribution in [2.24, 2.45) is 11.7 Å². The molecule has 1 fully saturated rings. The van der Waals surface area contributed by atoms with E-state index in [1.54, 1.807) is 0 Å². The van der Waals surface area contributed by atoms with E-state index >= 15 is 0 Å². The molecule has 0 aliphatic carbocycles. The van der Waals surface area contributed by atoms with Gasteiger partial charge in [-0.15, -0.1) is 0 Å². The lowest BCUT2D eigenvalue weighted by Crippen LogP contribution is -2.41. The lowest BCUT2D eigenvalue weighted by Gasteiger charge is -2.23. The van der Waals surface area contributed by atoms with Crippen LogP contribution in [0.2, 0.25) is 0 Å². The maximum Gasteiger partial charge on any atom is 0.234 e. The Bertz CT molecular complexity index is 168. The molecule has 70 valence electrons. The molecule has 0 bridgehead atoms. The zero-order chi connectivity index (χ0) is 9.14. The van der Waals surface area contributed by atoms with Gasteiger partial charge in [0.25, 0.3) is 0 Å². The summed E-state index contributed by atoms with van der Waals surface area (Å²) < 4.78 is 0. The van der Waals surface area contributed by atoms with Crippen LogP contribution in [0.25, 0.3) is 0 Å². The Morgan fingerprint density at radius 3 is 2.83 bits per heavy atom. The number of amides is 1. The Morgan fingerprint density at radius 1 is 1.67 bits per heavy atom. The molecule has 1 heterocycles. The second kappa shape index (κ2) is 3.90. The predicted octanol–water partition coefficient (Wildman–Crippen LogP) is 0.592. The molecule has 0 spiro atoms. The van der Waals surface area contributed by atoms with Gasteiger partial charge in [0.15, 0.2) is 0 Å². The zero-order valence-corrected chi connectivity index (χ0v) is 7.92. The minimum absolute atomic E-state index is 0.00685. The van der Waals surface area contributed by atoms with Crippen LogP contribution in [0.5, 0.6) is 0 Å². The molecule has 1 aliphatic rings. The van der Waals surface area contributed by atoms with Crippen molar-refractivity contribution in [2.75, 3.05) is 13.1 Å². The van der Waals surface area contributed by atoms with E-state index in [1.807, 2.05) is 0 Å². The number of hydrogen-bond acceptors (Lipinski definition) is 2. The standard InChI is InChI=1S/C9H18N2O/c1-7(2)6-11-5-3-4-8(11)9(10)12/h7-8H,3-6H2,1-2H3,(H2,10,12)/i6+1,10+1. The summed E-state index contributed by atoms with van der Waals surface area (Å²) in [6.45, 7) is 6.35. The van der Waals surface area contributed by atoms with Crippen molar-refractivity contribution < 1.29 is 4.79 Å². The molecule has 1 saturated heterocycles. The van der Waals surface area contributed by atoms with Crippen molar-refractivity contribution in [1.82, 2.24) is 4.90 Å². The first-order valence-electron chi connectivity index (χ1n) is 4.64. The SMILES string of the molecule is CC(C)[13CH2]N1CCCC1C([15NH2])=O. The third-order valence-corrected chi connectivity index (χ3v) is 2.29. The number of carbonyl (C=O) groups excluding carboxylic acids is 1. The first-order valence-corrected chi connectivity index (χ1v) is 4.64. The molecule has 0 aromatic rings. The number of hydrogen-bond donors (Lipinski definition) is 1. The van der Waals surface area contributed by atoms with Gasteiger partial charge in [0.05, 0.1) is 6.04 Å². The highest BCUT2D eigenvalue weighted by Crippen LogP contribution is 2.17. The van der Waals surface area contributed by atoms with Gasteiger partial charge in [0.2, 0.25) is 5.91 Å². The second-order valence-electron chi connectivity index (χ2n) is 3.95. The molecule has 1 rings (SSSR count). The summed E-state index contributed by atoms with van der Waals surface area (Å²) in [7, 11) is 0. The fourth-order valence-electron chi connectivity index (χ4n) is 1.84. The van der Waals surface area contributed by atoms with Crippen molar-refractivity contribution in [3.63, 3.8) is 0 Å². The molecule has 3 nitrogen and oxygen atoms in total. The smallest absolute Gasteiger partial charge is 0.234 e. The van der Waals surface area contributed by atoms with Crippen molar-refractivity contribution in [3.05, 3.63) is 0 Å². The summed E-state index contributed by atoms with van der Waals surface area (Å²) in [5.41, 5.74) is 5.28. The van der Waals surface area contributed by atoms with Crippen molar-refractivity contribution in [2.45, 2.75) is 32.7 Å². The molecule has 0 saturated carbocycles. The van der Waals surface area contributed by atoms with Crippen LogP contribution < -0.4 is 5.73 Å². The van der Waals surface area contributed by atoms with E-state index in [-0.39, 0.29) is 11.9 Å². The summed E-state index contributed by atoms with van der Waals surface area (Å²) in [6.07, 6.45) is 2.06. The molecule has 2 N–H and O–H groups in total. The quantitative estimate of drug-likeness (QED) is 0.500. The fourth-order valence-corrected chi connectivity index (χ4v) is 1.84. The van der Waals surface area contributed by atoms with Crippen LogP contribution in [0, 0.1) is 5.92 Å². The molecule has 0 aromatic carbocycles. The van der Waals surface area contributed by atoms with Gasteiger partial charge < -0.3 is 5.73 Å². The molecule has 12 heavy (non-hydrogen) atoms. The van der Waals surface area contributed by atoms with Gasteiger partial charge in [-0.05, 0) is 25.3 Å². The minimum atomic E-state index is -0.159. The summed E-state index contributed by atoms with van der Waals surface area (Å²) in [6, 6.07) is 0.00685. The Kier molecular flexibility index (Phi) is 3.09. The molecule has 1 atom stereocenters. The normalized spacial score (nSPS) is 25.1. The first kappa shape index (κ1) is 9.52. The summed E-state index contributed by atoms with van der Waals surface area (Å²) in [5, 5.41) is 0. The van der Waals surface area contributed by atoms with E-state index in [2.05, 4.69) is 18.7 Å². The topological polar surface area (TPSA) is 46.3 Å². The minimum Gasteiger partial charge on any atom is -0.368 e. The Hall–Kier alpha value is -0.570. The number of rotatable bonds is 3. The largest absolute Gasteiger partial charge is 0.368 e. The molecular weight excluding hydrogens is 154 g/mol. The van der Waals surface area contributed by atoms with Crippen LogP contribution in [0.1, 0.15) is 26.7 Å². The average Bonchev–Trinajstić information content (AvgIpc) is 2.33. The van der Waals surface area contributed by atoms with E-state index in [4.69, 9.17) is 5.73 Å². The Balaban J connectivity index is 2.46. The summed E-state index contributed by atoms with van der Waals surface area (Å²) >= 11 is 0. The zero-order valence-electron chi connectivity index (χ0n) is 7.92. The highest BCUT2D eigenvalue weighted by atomic mass is 16.2. The molecular formula is C9H18N2O. The average molecular weight is 172 g/mol. The fraction of sp³-hybridized carbons (Fsp3) is 0.889. The van der Waals surface area contributed by atoms with E-state index in [0.717, 1.165) is 25.9 Å². The molecule has 0 radical (unpaired) electrons.